The highest BCUT2D eigenvalue weighted by Crippen LogP contribution is 2.25. The van der Waals surface area contributed by atoms with Gasteiger partial charge in [0, 0.05) is 22.2 Å². The number of sulfonamides is 1. The first-order valence-corrected chi connectivity index (χ1v) is 11.0. The van der Waals surface area contributed by atoms with E-state index in [0.29, 0.717) is 15.6 Å². The molecule has 9 heteroatoms. The number of nitrogens with one attached hydrogen (secondary N) is 1. The van der Waals surface area contributed by atoms with Crippen LogP contribution in [0.2, 0.25) is 10.0 Å². The minimum Gasteiger partial charge on any atom is -0.507 e. The molecule has 0 fully saturated rings. The number of aromatic hydroxyl groups is 1. The molecule has 156 valence electrons. The van der Waals surface area contributed by atoms with E-state index in [2.05, 4.69) is 4.72 Å². The summed E-state index contributed by atoms with van der Waals surface area (Å²) in [4.78, 5) is 12.2. The largest absolute Gasteiger partial charge is 0.507 e. The molecule has 30 heavy (non-hydrogen) atoms. The fraction of sp³-hybridized carbons (Fsp3) is 0.0952. The van der Waals surface area contributed by atoms with Crippen LogP contribution in [0.15, 0.2) is 71.6 Å². The molecule has 0 saturated heterocycles. The maximum absolute atomic E-state index is 12.6. The second-order valence-corrected chi connectivity index (χ2v) is 8.91. The Balaban J connectivity index is 1.74. The summed E-state index contributed by atoms with van der Waals surface area (Å²) in [6, 6.07) is 17.1. The van der Waals surface area contributed by atoms with Crippen molar-refractivity contribution >= 4 is 39.2 Å². The van der Waals surface area contributed by atoms with Crippen molar-refractivity contribution in [2.75, 3.05) is 0 Å². The van der Waals surface area contributed by atoms with E-state index in [0.717, 1.165) is 17.7 Å². The number of hydrogen-bond donors (Lipinski definition) is 2. The van der Waals surface area contributed by atoms with Crippen LogP contribution >= 0.6 is 23.2 Å². The van der Waals surface area contributed by atoms with Gasteiger partial charge in [0.2, 0.25) is 10.0 Å². The van der Waals surface area contributed by atoms with E-state index in [1.807, 2.05) is 6.07 Å². The number of halogens is 2. The Bertz CT molecular complexity index is 1170. The fourth-order valence-corrected chi connectivity index (χ4v) is 4.07. The molecule has 0 spiro atoms. The predicted octanol–water partition coefficient (Wildman–Crippen LogP) is 4.53. The first-order valence-electron chi connectivity index (χ1n) is 8.74. The zero-order chi connectivity index (χ0) is 21.7. The molecule has 0 radical (unpaired) electrons. The van der Waals surface area contributed by atoms with Gasteiger partial charge in [-0.3, -0.25) is 0 Å². The van der Waals surface area contributed by atoms with Gasteiger partial charge in [0.05, 0.1) is 4.90 Å². The number of esters is 1. The molecule has 6 nitrogen and oxygen atoms in total. The highest BCUT2D eigenvalue weighted by atomic mass is 35.5. The highest BCUT2D eigenvalue weighted by Gasteiger charge is 2.20. The molecule has 0 aliphatic carbocycles. The van der Waals surface area contributed by atoms with Gasteiger partial charge in [-0.1, -0.05) is 59.6 Å². The van der Waals surface area contributed by atoms with Crippen LogP contribution in [-0.4, -0.2) is 19.5 Å². The summed E-state index contributed by atoms with van der Waals surface area (Å²) >= 11 is 11.9. The van der Waals surface area contributed by atoms with Crippen LogP contribution in [0.1, 0.15) is 21.5 Å². The second-order valence-electron chi connectivity index (χ2n) is 6.30. The van der Waals surface area contributed by atoms with E-state index < -0.39 is 21.7 Å². The highest BCUT2D eigenvalue weighted by molar-refractivity contribution is 7.89. The minimum atomic E-state index is -3.91. The third-order valence-electron chi connectivity index (χ3n) is 4.18. The van der Waals surface area contributed by atoms with Gasteiger partial charge in [0.1, 0.15) is 17.9 Å². The molecule has 3 rings (SSSR count). The van der Waals surface area contributed by atoms with Gasteiger partial charge >= 0.3 is 5.97 Å². The van der Waals surface area contributed by atoms with Crippen molar-refractivity contribution in [1.82, 2.24) is 4.72 Å². The maximum atomic E-state index is 12.6. The first-order chi connectivity index (χ1) is 14.3. The van der Waals surface area contributed by atoms with Crippen molar-refractivity contribution in [3.8, 4) is 5.75 Å². The van der Waals surface area contributed by atoms with Crippen LogP contribution in [0.4, 0.5) is 0 Å². The van der Waals surface area contributed by atoms with Crippen molar-refractivity contribution in [3.05, 3.63) is 93.5 Å². The number of hydrogen-bond acceptors (Lipinski definition) is 5. The van der Waals surface area contributed by atoms with E-state index in [1.54, 1.807) is 36.4 Å². The average molecular weight is 466 g/mol. The summed E-state index contributed by atoms with van der Waals surface area (Å²) < 4.78 is 32.8. The molecule has 0 bridgehead atoms. The van der Waals surface area contributed by atoms with Crippen molar-refractivity contribution in [3.63, 3.8) is 0 Å². The van der Waals surface area contributed by atoms with Crippen molar-refractivity contribution in [2.45, 2.75) is 18.0 Å². The van der Waals surface area contributed by atoms with Crippen LogP contribution < -0.4 is 4.72 Å². The molecule has 0 amide bonds. The molecule has 3 aromatic rings. The normalized spacial score (nSPS) is 11.3. The number of benzene rings is 3. The molecule has 2 N–H and O–H groups in total. The van der Waals surface area contributed by atoms with Gasteiger partial charge < -0.3 is 9.84 Å². The van der Waals surface area contributed by atoms with Gasteiger partial charge in [-0.05, 0) is 35.9 Å². The van der Waals surface area contributed by atoms with Crippen LogP contribution in [0.3, 0.4) is 0 Å². The number of ether oxygens (including phenoxy) is 1. The number of phenolic OH excluding ortho intramolecular Hbond substituents is 1. The fourth-order valence-electron chi connectivity index (χ4n) is 2.56. The minimum absolute atomic E-state index is 0.0822. The van der Waals surface area contributed by atoms with Gasteiger partial charge in [-0.25, -0.2) is 17.9 Å². The topological polar surface area (TPSA) is 92.7 Å². The molecular formula is C21H17Cl2NO5S. The van der Waals surface area contributed by atoms with Gasteiger partial charge in [-0.2, -0.15) is 0 Å². The Labute approximate surface area is 184 Å². The molecule has 0 heterocycles. The number of carbonyl (C=O) groups is 1. The van der Waals surface area contributed by atoms with Gasteiger partial charge in [-0.15, -0.1) is 0 Å². The van der Waals surface area contributed by atoms with E-state index in [-0.39, 0.29) is 23.6 Å². The van der Waals surface area contributed by atoms with Crippen molar-refractivity contribution in [1.29, 1.82) is 0 Å². The lowest BCUT2D eigenvalue weighted by Gasteiger charge is -2.11. The Hall–Kier alpha value is -2.58. The first kappa shape index (κ1) is 22.1. The lowest BCUT2D eigenvalue weighted by molar-refractivity contribution is 0.0469. The summed E-state index contributed by atoms with van der Waals surface area (Å²) in [5.74, 6) is -1.29. The zero-order valence-electron chi connectivity index (χ0n) is 15.5. The number of rotatable bonds is 7. The van der Waals surface area contributed by atoms with Gasteiger partial charge in [0.25, 0.3) is 0 Å². The molecule has 0 aliphatic heterocycles. The quantitative estimate of drug-likeness (QED) is 0.499. The van der Waals surface area contributed by atoms with E-state index in [9.17, 15) is 18.3 Å². The Morgan fingerprint density at radius 1 is 1.00 bits per heavy atom. The SMILES string of the molecule is O=C(OCc1ccc(Cl)cc1Cl)c1cc(S(=O)(=O)NCc2ccccc2)ccc1O. The summed E-state index contributed by atoms with van der Waals surface area (Å²) in [5.41, 5.74) is 1.02. The summed E-state index contributed by atoms with van der Waals surface area (Å²) in [5, 5.41) is 10.8. The predicted molar refractivity (Wildman–Crippen MR) is 114 cm³/mol. The molecule has 3 aromatic carbocycles. The zero-order valence-corrected chi connectivity index (χ0v) is 17.8. The van der Waals surface area contributed by atoms with Crippen LogP contribution in [0.25, 0.3) is 0 Å². The standard InChI is InChI=1S/C21H17Cl2NO5S/c22-16-7-6-15(19(23)10-16)13-29-21(26)18-11-17(8-9-20(18)25)30(27,28)24-12-14-4-2-1-3-5-14/h1-11,24-25H,12-13H2. The van der Waals surface area contributed by atoms with E-state index >= 15 is 0 Å². The average Bonchev–Trinajstić information content (AvgIpc) is 2.72. The summed E-state index contributed by atoms with van der Waals surface area (Å²) in [7, 11) is -3.91. The summed E-state index contributed by atoms with van der Waals surface area (Å²) in [6.45, 7) is -0.0869. The third kappa shape index (κ3) is 5.52. The molecule has 0 atom stereocenters. The number of phenols is 1. The Morgan fingerprint density at radius 3 is 2.43 bits per heavy atom. The summed E-state index contributed by atoms with van der Waals surface area (Å²) in [6.07, 6.45) is 0. The number of carbonyl (C=O) groups excluding carboxylic acids is 1. The van der Waals surface area contributed by atoms with Crippen molar-refractivity contribution in [2.24, 2.45) is 0 Å². The van der Waals surface area contributed by atoms with Crippen LogP contribution in [0, 0.1) is 0 Å². The van der Waals surface area contributed by atoms with Gasteiger partial charge in [0.15, 0.2) is 0 Å². The van der Waals surface area contributed by atoms with Crippen molar-refractivity contribution < 1.29 is 23.1 Å². The Morgan fingerprint density at radius 2 is 1.73 bits per heavy atom. The molecule has 0 aliphatic rings. The monoisotopic (exact) mass is 465 g/mol. The molecule has 0 unspecified atom stereocenters. The molecule has 0 aromatic heterocycles. The molecule has 0 saturated carbocycles. The third-order valence-corrected chi connectivity index (χ3v) is 6.17. The Kier molecular flexibility index (Phi) is 6.99. The van der Waals surface area contributed by atoms with E-state index in [1.165, 1.54) is 12.1 Å². The molecular weight excluding hydrogens is 449 g/mol. The second kappa shape index (κ2) is 9.49. The lowest BCUT2D eigenvalue weighted by Crippen LogP contribution is -2.23. The van der Waals surface area contributed by atoms with Crippen LogP contribution in [0.5, 0.6) is 5.75 Å². The van der Waals surface area contributed by atoms with Crippen LogP contribution in [-0.2, 0) is 27.9 Å². The lowest BCUT2D eigenvalue weighted by atomic mass is 10.2. The van der Waals surface area contributed by atoms with E-state index in [4.69, 9.17) is 27.9 Å². The smallest absolute Gasteiger partial charge is 0.342 e. The maximum Gasteiger partial charge on any atom is 0.342 e.